The van der Waals surface area contributed by atoms with Gasteiger partial charge in [-0.1, -0.05) is 30.0 Å². The van der Waals surface area contributed by atoms with Crippen LogP contribution < -0.4 is 5.32 Å². The van der Waals surface area contributed by atoms with Gasteiger partial charge in [0.2, 0.25) is 0 Å². The zero-order chi connectivity index (χ0) is 20.1. The minimum absolute atomic E-state index is 0.178. The SMILES string of the molecule is Cc1csc(SCc2ccc(C(=O)Nc3ccn(Cc4ccccn4)n3)cc2)n1. The Morgan fingerprint density at radius 1 is 1.17 bits per heavy atom. The van der Waals surface area contributed by atoms with Crippen molar-refractivity contribution < 1.29 is 4.79 Å². The lowest BCUT2D eigenvalue weighted by Gasteiger charge is -2.04. The number of aryl methyl sites for hydroxylation is 1. The van der Waals surface area contributed by atoms with Crippen molar-refractivity contribution in [3.05, 3.63) is 88.8 Å². The number of aromatic nitrogens is 4. The van der Waals surface area contributed by atoms with Crippen molar-refractivity contribution >= 4 is 34.8 Å². The van der Waals surface area contributed by atoms with E-state index in [2.05, 4.69) is 20.4 Å². The van der Waals surface area contributed by atoms with Crippen LogP contribution in [-0.2, 0) is 12.3 Å². The standard InChI is InChI=1S/C21H19N5OS2/c1-15-13-28-21(23-15)29-14-16-5-7-17(8-6-16)20(27)24-19-9-11-26(25-19)12-18-4-2-3-10-22-18/h2-11,13H,12,14H2,1H3,(H,24,25,27). The number of benzene rings is 1. The van der Waals surface area contributed by atoms with E-state index in [0.29, 0.717) is 17.9 Å². The summed E-state index contributed by atoms with van der Waals surface area (Å²) in [5.41, 5.74) is 3.71. The number of hydrogen-bond donors (Lipinski definition) is 1. The number of amides is 1. The van der Waals surface area contributed by atoms with Crippen LogP contribution in [0.5, 0.6) is 0 Å². The van der Waals surface area contributed by atoms with Crippen LogP contribution >= 0.6 is 23.1 Å². The molecule has 4 aromatic rings. The molecule has 29 heavy (non-hydrogen) atoms. The number of hydrogen-bond acceptors (Lipinski definition) is 6. The molecule has 0 bridgehead atoms. The molecule has 0 fully saturated rings. The van der Waals surface area contributed by atoms with Crippen LogP contribution in [0, 0.1) is 6.92 Å². The molecule has 0 aliphatic rings. The smallest absolute Gasteiger partial charge is 0.256 e. The van der Waals surface area contributed by atoms with Crippen molar-refractivity contribution in [1.82, 2.24) is 19.7 Å². The number of nitrogens with zero attached hydrogens (tertiary/aromatic N) is 4. The summed E-state index contributed by atoms with van der Waals surface area (Å²) in [4.78, 5) is 21.2. The number of thiazole rings is 1. The van der Waals surface area contributed by atoms with Crippen LogP contribution in [0.2, 0.25) is 0 Å². The lowest BCUT2D eigenvalue weighted by molar-refractivity contribution is 0.102. The van der Waals surface area contributed by atoms with Gasteiger partial charge < -0.3 is 5.32 Å². The lowest BCUT2D eigenvalue weighted by Crippen LogP contribution is -2.13. The monoisotopic (exact) mass is 421 g/mol. The first-order valence-corrected chi connectivity index (χ1v) is 10.9. The van der Waals surface area contributed by atoms with Gasteiger partial charge in [0.15, 0.2) is 5.82 Å². The molecule has 146 valence electrons. The normalized spacial score (nSPS) is 10.8. The third-order valence-corrected chi connectivity index (χ3v) is 6.32. The molecule has 3 heterocycles. The fourth-order valence-electron chi connectivity index (χ4n) is 2.66. The van der Waals surface area contributed by atoms with Gasteiger partial charge in [-0.15, -0.1) is 11.3 Å². The molecule has 6 nitrogen and oxygen atoms in total. The van der Waals surface area contributed by atoms with Crippen molar-refractivity contribution in [2.75, 3.05) is 5.32 Å². The van der Waals surface area contributed by atoms with E-state index < -0.39 is 0 Å². The van der Waals surface area contributed by atoms with Gasteiger partial charge in [-0.05, 0) is 36.8 Å². The fourth-order valence-corrected chi connectivity index (χ4v) is 4.46. The van der Waals surface area contributed by atoms with Crippen LogP contribution in [0.3, 0.4) is 0 Å². The second-order valence-corrected chi connectivity index (χ2v) is 8.49. The molecule has 1 N–H and O–H groups in total. The maximum absolute atomic E-state index is 12.5. The molecule has 0 saturated heterocycles. The molecule has 0 aliphatic carbocycles. The molecule has 0 radical (unpaired) electrons. The minimum Gasteiger partial charge on any atom is -0.305 e. The number of nitrogens with one attached hydrogen (secondary N) is 1. The summed E-state index contributed by atoms with van der Waals surface area (Å²) in [6, 6.07) is 15.2. The van der Waals surface area contributed by atoms with Crippen LogP contribution in [0.15, 0.2) is 70.6 Å². The summed E-state index contributed by atoms with van der Waals surface area (Å²) in [6.45, 7) is 2.55. The first-order chi connectivity index (χ1) is 14.2. The molecule has 3 aromatic heterocycles. The molecule has 8 heteroatoms. The molecular formula is C21H19N5OS2. The highest BCUT2D eigenvalue weighted by molar-refractivity contribution is 8.00. The number of thioether (sulfide) groups is 1. The van der Waals surface area contributed by atoms with Gasteiger partial charge in [0.05, 0.1) is 12.2 Å². The highest BCUT2D eigenvalue weighted by Gasteiger charge is 2.09. The molecule has 0 spiro atoms. The molecular weight excluding hydrogens is 402 g/mol. The predicted molar refractivity (Wildman–Crippen MR) is 116 cm³/mol. The van der Waals surface area contributed by atoms with E-state index in [0.717, 1.165) is 27.0 Å². The highest BCUT2D eigenvalue weighted by Crippen LogP contribution is 2.26. The van der Waals surface area contributed by atoms with Crippen LogP contribution in [0.4, 0.5) is 5.82 Å². The molecule has 0 saturated carbocycles. The Hall–Kier alpha value is -2.97. The Bertz CT molecular complexity index is 1090. The van der Waals surface area contributed by atoms with Crippen molar-refractivity contribution in [2.24, 2.45) is 0 Å². The Labute approximate surface area is 177 Å². The maximum Gasteiger partial charge on any atom is 0.256 e. The van der Waals surface area contributed by atoms with Crippen molar-refractivity contribution in [3.63, 3.8) is 0 Å². The second kappa shape index (κ2) is 9.02. The number of carbonyl (C=O) groups is 1. The van der Waals surface area contributed by atoms with Crippen molar-refractivity contribution in [2.45, 2.75) is 23.6 Å². The molecule has 0 unspecified atom stereocenters. The average molecular weight is 422 g/mol. The molecule has 0 aliphatic heterocycles. The van der Waals surface area contributed by atoms with E-state index >= 15 is 0 Å². The lowest BCUT2D eigenvalue weighted by atomic mass is 10.1. The summed E-state index contributed by atoms with van der Waals surface area (Å²) in [5.74, 6) is 1.17. The summed E-state index contributed by atoms with van der Waals surface area (Å²) >= 11 is 3.36. The number of anilines is 1. The average Bonchev–Trinajstić information content (AvgIpc) is 3.36. The van der Waals surface area contributed by atoms with Crippen LogP contribution in [0.25, 0.3) is 0 Å². The molecule has 0 atom stereocenters. The zero-order valence-corrected chi connectivity index (χ0v) is 17.4. The van der Waals surface area contributed by atoms with Gasteiger partial charge in [-0.25, -0.2) is 4.98 Å². The predicted octanol–water partition coefficient (Wildman–Crippen LogP) is 4.64. The van der Waals surface area contributed by atoms with Crippen molar-refractivity contribution in [1.29, 1.82) is 0 Å². The topological polar surface area (TPSA) is 72.7 Å². The number of pyridine rings is 1. The summed E-state index contributed by atoms with van der Waals surface area (Å²) in [7, 11) is 0. The van der Waals surface area contributed by atoms with E-state index in [1.165, 1.54) is 0 Å². The zero-order valence-electron chi connectivity index (χ0n) is 15.8. The van der Waals surface area contributed by atoms with Gasteiger partial charge in [0, 0.05) is 40.9 Å². The Morgan fingerprint density at radius 3 is 2.76 bits per heavy atom. The number of rotatable bonds is 7. The van der Waals surface area contributed by atoms with Crippen molar-refractivity contribution in [3.8, 4) is 0 Å². The summed E-state index contributed by atoms with van der Waals surface area (Å²) in [5, 5.41) is 9.28. The van der Waals surface area contributed by atoms with Gasteiger partial charge in [-0.2, -0.15) is 5.10 Å². The fraction of sp³-hybridized carbons (Fsp3) is 0.143. The van der Waals surface area contributed by atoms with Crippen LogP contribution in [0.1, 0.15) is 27.3 Å². The van der Waals surface area contributed by atoms with Gasteiger partial charge in [-0.3, -0.25) is 14.5 Å². The van der Waals surface area contributed by atoms with Gasteiger partial charge >= 0.3 is 0 Å². The Balaban J connectivity index is 1.32. The first kappa shape index (κ1) is 19.4. The quantitative estimate of drug-likeness (QED) is 0.440. The Kier molecular flexibility index (Phi) is 6.02. The minimum atomic E-state index is -0.178. The number of carbonyl (C=O) groups excluding carboxylic acids is 1. The molecule has 1 aromatic carbocycles. The van der Waals surface area contributed by atoms with E-state index in [-0.39, 0.29) is 5.91 Å². The largest absolute Gasteiger partial charge is 0.305 e. The van der Waals surface area contributed by atoms with Gasteiger partial charge in [0.25, 0.3) is 5.91 Å². The second-order valence-electron chi connectivity index (χ2n) is 6.41. The summed E-state index contributed by atoms with van der Waals surface area (Å²) in [6.07, 6.45) is 3.58. The highest BCUT2D eigenvalue weighted by atomic mass is 32.2. The van der Waals surface area contributed by atoms with E-state index in [9.17, 15) is 4.79 Å². The summed E-state index contributed by atoms with van der Waals surface area (Å²) < 4.78 is 2.81. The third-order valence-electron chi connectivity index (χ3n) is 4.11. The maximum atomic E-state index is 12.5. The van der Waals surface area contributed by atoms with E-state index in [1.807, 2.05) is 61.0 Å². The van der Waals surface area contributed by atoms with Gasteiger partial charge in [0.1, 0.15) is 4.34 Å². The molecule has 1 amide bonds. The van der Waals surface area contributed by atoms with E-state index in [4.69, 9.17) is 0 Å². The third kappa shape index (κ3) is 5.30. The Morgan fingerprint density at radius 2 is 2.03 bits per heavy atom. The first-order valence-electron chi connectivity index (χ1n) is 9.04. The molecule has 4 rings (SSSR count). The van der Waals surface area contributed by atoms with E-state index in [1.54, 1.807) is 40.0 Å². The van der Waals surface area contributed by atoms with Crippen LogP contribution in [-0.4, -0.2) is 25.7 Å².